The minimum Gasteiger partial charge on any atom is -0.311 e. The van der Waals surface area contributed by atoms with Gasteiger partial charge in [0.15, 0.2) is 0 Å². The first kappa shape index (κ1) is 17.8. The third-order valence-corrected chi connectivity index (χ3v) is 4.70. The fraction of sp³-hybridized carbons (Fsp3) is 0.895. The number of rotatable bonds is 13. The number of allylic oxidation sites excluding steroid dienone is 1. The van der Waals surface area contributed by atoms with Crippen LogP contribution in [-0.4, -0.2) is 12.1 Å². The maximum atomic E-state index is 3.85. The minimum atomic E-state index is 0.814. The second-order valence-corrected chi connectivity index (χ2v) is 6.62. The minimum absolute atomic E-state index is 0.814. The van der Waals surface area contributed by atoms with Crippen molar-refractivity contribution in [3.05, 3.63) is 12.7 Å². The molecule has 0 spiro atoms. The fourth-order valence-corrected chi connectivity index (χ4v) is 3.38. The molecule has 20 heavy (non-hydrogen) atoms. The van der Waals surface area contributed by atoms with E-state index in [-0.39, 0.29) is 0 Å². The zero-order valence-electron chi connectivity index (χ0n) is 13.8. The molecule has 1 aliphatic heterocycles. The van der Waals surface area contributed by atoms with Crippen LogP contribution >= 0.6 is 0 Å². The molecule has 0 amide bonds. The third kappa shape index (κ3) is 8.79. The van der Waals surface area contributed by atoms with Crippen molar-refractivity contribution in [2.45, 2.75) is 109 Å². The molecule has 1 aliphatic rings. The van der Waals surface area contributed by atoms with Gasteiger partial charge in [0.1, 0.15) is 0 Å². The van der Waals surface area contributed by atoms with Crippen LogP contribution in [-0.2, 0) is 0 Å². The summed E-state index contributed by atoms with van der Waals surface area (Å²) in [5.41, 5.74) is 0. The number of nitrogens with one attached hydrogen (secondary N) is 1. The Morgan fingerprint density at radius 1 is 0.850 bits per heavy atom. The number of unbranched alkanes of at least 4 members (excludes halogenated alkanes) is 8. The molecule has 1 saturated heterocycles. The molecule has 118 valence electrons. The van der Waals surface area contributed by atoms with Crippen LogP contribution in [0.3, 0.4) is 0 Å². The normalized spacial score (nSPS) is 22.2. The molecular formula is C19H37N. The van der Waals surface area contributed by atoms with Gasteiger partial charge in [-0.3, -0.25) is 0 Å². The summed E-state index contributed by atoms with van der Waals surface area (Å²) >= 11 is 0. The van der Waals surface area contributed by atoms with Crippen molar-refractivity contribution in [1.29, 1.82) is 0 Å². The molecule has 0 radical (unpaired) electrons. The standard InChI is InChI=1S/C19H37N/c1-3-5-7-9-10-11-13-15-19-17-16-18(20-19)14-12-8-6-4-2/h4,18-20H,2-3,5-17H2,1H3/t18-,19+/m0/s1. The van der Waals surface area contributed by atoms with Crippen LogP contribution in [0.25, 0.3) is 0 Å². The Kier molecular flexibility index (Phi) is 11.0. The molecule has 1 rings (SSSR count). The van der Waals surface area contributed by atoms with Crippen LogP contribution in [0.15, 0.2) is 12.7 Å². The Balaban J connectivity index is 1.89. The van der Waals surface area contributed by atoms with E-state index in [1.807, 2.05) is 6.08 Å². The molecule has 0 unspecified atom stereocenters. The number of hydrogen-bond acceptors (Lipinski definition) is 1. The van der Waals surface area contributed by atoms with E-state index in [2.05, 4.69) is 18.8 Å². The first-order valence-corrected chi connectivity index (χ1v) is 9.23. The lowest BCUT2D eigenvalue weighted by atomic mass is 10.0. The van der Waals surface area contributed by atoms with Gasteiger partial charge in [0, 0.05) is 12.1 Å². The maximum Gasteiger partial charge on any atom is 0.00702 e. The van der Waals surface area contributed by atoms with E-state index in [0.29, 0.717) is 0 Å². The molecule has 0 bridgehead atoms. The van der Waals surface area contributed by atoms with E-state index in [1.54, 1.807) is 0 Å². The molecule has 0 aromatic rings. The topological polar surface area (TPSA) is 12.0 Å². The van der Waals surface area contributed by atoms with Crippen LogP contribution in [0.4, 0.5) is 0 Å². The Bertz CT molecular complexity index is 224. The molecule has 0 aliphatic carbocycles. The largest absolute Gasteiger partial charge is 0.311 e. The summed E-state index contributed by atoms with van der Waals surface area (Å²) in [6, 6.07) is 1.64. The lowest BCUT2D eigenvalue weighted by Crippen LogP contribution is -2.29. The van der Waals surface area contributed by atoms with Crippen molar-refractivity contribution in [3.8, 4) is 0 Å². The average molecular weight is 280 g/mol. The van der Waals surface area contributed by atoms with E-state index in [1.165, 1.54) is 89.9 Å². The summed E-state index contributed by atoms with van der Waals surface area (Å²) in [7, 11) is 0. The molecule has 2 atom stereocenters. The summed E-state index contributed by atoms with van der Waals surface area (Å²) in [5.74, 6) is 0. The molecule has 1 N–H and O–H groups in total. The molecule has 0 saturated carbocycles. The van der Waals surface area contributed by atoms with Crippen molar-refractivity contribution in [2.24, 2.45) is 0 Å². The summed E-state index contributed by atoms with van der Waals surface area (Å²) in [5, 5.41) is 3.85. The van der Waals surface area contributed by atoms with Crippen molar-refractivity contribution < 1.29 is 0 Å². The van der Waals surface area contributed by atoms with E-state index in [9.17, 15) is 0 Å². The monoisotopic (exact) mass is 279 g/mol. The maximum absolute atomic E-state index is 3.85. The predicted octanol–water partition coefficient (Wildman–Crippen LogP) is 5.99. The van der Waals surface area contributed by atoms with Gasteiger partial charge in [-0.15, -0.1) is 6.58 Å². The van der Waals surface area contributed by atoms with Crippen molar-refractivity contribution in [2.75, 3.05) is 0 Å². The predicted molar refractivity (Wildman–Crippen MR) is 91.2 cm³/mol. The Morgan fingerprint density at radius 3 is 2.00 bits per heavy atom. The summed E-state index contributed by atoms with van der Waals surface area (Å²) in [6.07, 6.45) is 21.6. The highest BCUT2D eigenvalue weighted by Gasteiger charge is 2.22. The third-order valence-electron chi connectivity index (χ3n) is 4.70. The lowest BCUT2D eigenvalue weighted by molar-refractivity contribution is 0.457. The molecule has 0 aromatic heterocycles. The second kappa shape index (κ2) is 12.4. The molecule has 0 aromatic carbocycles. The van der Waals surface area contributed by atoms with Crippen molar-refractivity contribution >= 4 is 0 Å². The fourth-order valence-electron chi connectivity index (χ4n) is 3.38. The first-order chi connectivity index (χ1) is 9.86. The summed E-state index contributed by atoms with van der Waals surface area (Å²) in [4.78, 5) is 0. The Labute approximate surface area is 127 Å². The van der Waals surface area contributed by atoms with Gasteiger partial charge >= 0.3 is 0 Å². The molecule has 1 heteroatoms. The van der Waals surface area contributed by atoms with Gasteiger partial charge in [-0.2, -0.15) is 0 Å². The quantitative estimate of drug-likeness (QED) is 0.322. The SMILES string of the molecule is C=CCCCC[C@H]1CC[C@@H](CCCCCCCCC)N1. The highest BCUT2D eigenvalue weighted by molar-refractivity contribution is 4.83. The highest BCUT2D eigenvalue weighted by Crippen LogP contribution is 2.21. The second-order valence-electron chi connectivity index (χ2n) is 6.62. The van der Waals surface area contributed by atoms with Crippen LogP contribution in [0.2, 0.25) is 0 Å². The molecule has 1 fully saturated rings. The highest BCUT2D eigenvalue weighted by atomic mass is 15.0. The van der Waals surface area contributed by atoms with E-state index in [0.717, 1.165) is 12.1 Å². The Hall–Kier alpha value is -0.300. The summed E-state index contributed by atoms with van der Waals surface area (Å²) < 4.78 is 0. The van der Waals surface area contributed by atoms with Crippen molar-refractivity contribution in [3.63, 3.8) is 0 Å². The van der Waals surface area contributed by atoms with Gasteiger partial charge in [-0.1, -0.05) is 64.4 Å². The molecule has 1 nitrogen and oxygen atoms in total. The average Bonchev–Trinajstić information content (AvgIpc) is 2.90. The molecule has 1 heterocycles. The van der Waals surface area contributed by atoms with Gasteiger partial charge < -0.3 is 5.32 Å². The zero-order valence-corrected chi connectivity index (χ0v) is 13.8. The van der Waals surface area contributed by atoms with Crippen LogP contribution in [0.5, 0.6) is 0 Å². The van der Waals surface area contributed by atoms with Gasteiger partial charge in [0.2, 0.25) is 0 Å². The molecular weight excluding hydrogens is 242 g/mol. The van der Waals surface area contributed by atoms with Gasteiger partial charge in [-0.05, 0) is 38.5 Å². The summed E-state index contributed by atoms with van der Waals surface area (Å²) in [6.45, 7) is 6.08. The smallest absolute Gasteiger partial charge is 0.00702 e. The number of hydrogen-bond donors (Lipinski definition) is 1. The first-order valence-electron chi connectivity index (χ1n) is 9.23. The Morgan fingerprint density at radius 2 is 1.40 bits per heavy atom. The van der Waals surface area contributed by atoms with Crippen LogP contribution in [0.1, 0.15) is 96.8 Å². The van der Waals surface area contributed by atoms with Gasteiger partial charge in [0.05, 0.1) is 0 Å². The van der Waals surface area contributed by atoms with E-state index < -0.39 is 0 Å². The van der Waals surface area contributed by atoms with Crippen LogP contribution in [0, 0.1) is 0 Å². The lowest BCUT2D eigenvalue weighted by Gasteiger charge is -2.14. The van der Waals surface area contributed by atoms with Crippen molar-refractivity contribution in [1.82, 2.24) is 5.32 Å². The van der Waals surface area contributed by atoms with E-state index in [4.69, 9.17) is 0 Å². The zero-order chi connectivity index (χ0) is 14.5. The van der Waals surface area contributed by atoms with E-state index >= 15 is 0 Å². The van der Waals surface area contributed by atoms with Crippen LogP contribution < -0.4 is 5.32 Å². The van der Waals surface area contributed by atoms with Gasteiger partial charge in [0.25, 0.3) is 0 Å². The van der Waals surface area contributed by atoms with Gasteiger partial charge in [-0.25, -0.2) is 0 Å².